The van der Waals surface area contributed by atoms with E-state index in [1.165, 1.54) is 64.8 Å². The lowest BCUT2D eigenvalue weighted by atomic mass is 9.95. The number of carbonyl (C=O) groups is 2. The number of hydrogen-bond donors (Lipinski definition) is 0. The van der Waals surface area contributed by atoms with Crippen molar-refractivity contribution in [3.63, 3.8) is 0 Å². The van der Waals surface area contributed by atoms with Crippen molar-refractivity contribution in [1.82, 2.24) is 19.8 Å². The van der Waals surface area contributed by atoms with Gasteiger partial charge in [-0.25, -0.2) is 8.78 Å². The zero-order chi connectivity index (χ0) is 50.3. The minimum Gasteiger partial charge on any atom is -0.332 e. The minimum absolute atomic E-state index is 0.0887. The van der Waals surface area contributed by atoms with Crippen LogP contribution in [0, 0.1) is 11.6 Å². The molecule has 2 aliphatic rings. The van der Waals surface area contributed by atoms with E-state index < -0.39 is 23.6 Å². The molecule has 14 heteroatoms. The second kappa shape index (κ2) is 22.1. The van der Waals surface area contributed by atoms with Crippen LogP contribution in [0.1, 0.15) is 144 Å². The summed E-state index contributed by atoms with van der Waals surface area (Å²) in [7, 11) is 0. The standard InChI is InChI=1S/2C28H28F4N2O/c1-18(21-9-11-25(29)12-10-21)14-27(35)34(17-20-6-13-26(33-16-20)28(30,31)32)19(2)23-8-7-22-4-3-5-24(22)15-23;1-18(20-8-11-25(29)12-9-20)14-27(35)34(17-26-13-10-24(16-33-26)28(30,31)32)19(2)22-7-6-21-4-3-5-23(21)15-22/h2*6-13,15-16,18-19H,3-5,14,17H2,1-2H3/t2*18-,19+/m10/s1. The Kier molecular flexibility index (Phi) is 16.2. The molecule has 6 nitrogen and oxygen atoms in total. The van der Waals surface area contributed by atoms with E-state index >= 15 is 0 Å². The van der Waals surface area contributed by atoms with Crippen LogP contribution in [0.15, 0.2) is 122 Å². The van der Waals surface area contributed by atoms with Crippen LogP contribution in [0.25, 0.3) is 0 Å². The summed E-state index contributed by atoms with van der Waals surface area (Å²) in [6, 6.07) is 28.7. The van der Waals surface area contributed by atoms with Crippen molar-refractivity contribution in [2.75, 3.05) is 0 Å². The summed E-state index contributed by atoms with van der Waals surface area (Å²) in [5.41, 5.74) is 8.02. The van der Waals surface area contributed by atoms with Gasteiger partial charge in [0, 0.05) is 31.8 Å². The number of fused-ring (bicyclic) bond motifs is 2. The average Bonchev–Trinajstić information content (AvgIpc) is 4.02. The summed E-state index contributed by atoms with van der Waals surface area (Å²) in [4.78, 5) is 38.0. The molecule has 0 unspecified atom stereocenters. The Hall–Kier alpha value is -6.44. The molecule has 4 aromatic carbocycles. The van der Waals surface area contributed by atoms with E-state index in [-0.39, 0.29) is 73.3 Å². The van der Waals surface area contributed by atoms with Gasteiger partial charge in [0.25, 0.3) is 0 Å². The third kappa shape index (κ3) is 13.0. The van der Waals surface area contributed by atoms with Crippen LogP contribution in [-0.2, 0) is 60.7 Å². The molecule has 2 heterocycles. The highest BCUT2D eigenvalue weighted by atomic mass is 19.4. The molecular formula is C56H56F8N4O2. The topological polar surface area (TPSA) is 66.4 Å². The van der Waals surface area contributed by atoms with Gasteiger partial charge in [-0.2, -0.15) is 26.3 Å². The molecular weight excluding hydrogens is 913 g/mol. The smallest absolute Gasteiger partial charge is 0.332 e. The Morgan fingerprint density at radius 3 is 1.39 bits per heavy atom. The highest BCUT2D eigenvalue weighted by Gasteiger charge is 2.33. The Morgan fingerprint density at radius 1 is 0.514 bits per heavy atom. The first-order valence-corrected chi connectivity index (χ1v) is 23.6. The van der Waals surface area contributed by atoms with E-state index in [1.54, 1.807) is 34.1 Å². The van der Waals surface area contributed by atoms with E-state index in [2.05, 4.69) is 34.2 Å². The number of hydrogen-bond acceptors (Lipinski definition) is 4. The quantitative estimate of drug-likeness (QED) is 0.102. The second-order valence-electron chi connectivity index (χ2n) is 18.6. The van der Waals surface area contributed by atoms with Gasteiger partial charge in [-0.05, 0) is 157 Å². The Labute approximate surface area is 403 Å². The fraction of sp³-hybridized carbons (Fsp3) is 0.357. The first-order valence-electron chi connectivity index (χ1n) is 23.6. The fourth-order valence-corrected chi connectivity index (χ4v) is 9.26. The maximum Gasteiger partial charge on any atom is 0.433 e. The molecule has 2 aliphatic carbocycles. The Bertz CT molecular complexity index is 2530. The lowest BCUT2D eigenvalue weighted by Crippen LogP contribution is -2.34. The zero-order valence-electron chi connectivity index (χ0n) is 39.6. The third-order valence-electron chi connectivity index (χ3n) is 13.6. The molecule has 8 rings (SSSR count). The van der Waals surface area contributed by atoms with E-state index in [0.29, 0.717) is 11.3 Å². The summed E-state index contributed by atoms with van der Waals surface area (Å²) in [6.45, 7) is 7.91. The highest BCUT2D eigenvalue weighted by Crippen LogP contribution is 2.34. The molecule has 2 amide bonds. The molecule has 368 valence electrons. The summed E-state index contributed by atoms with van der Waals surface area (Å²) in [6.07, 6.45) is -0.281. The average molecular weight is 969 g/mol. The normalized spacial score (nSPS) is 14.9. The van der Waals surface area contributed by atoms with Crippen molar-refractivity contribution in [3.05, 3.63) is 200 Å². The molecule has 0 N–H and O–H groups in total. The molecule has 0 spiro atoms. The van der Waals surface area contributed by atoms with E-state index in [4.69, 9.17) is 0 Å². The van der Waals surface area contributed by atoms with Gasteiger partial charge in [0.05, 0.1) is 29.9 Å². The summed E-state index contributed by atoms with van der Waals surface area (Å²) in [5.74, 6) is -1.25. The van der Waals surface area contributed by atoms with Gasteiger partial charge in [0.2, 0.25) is 11.8 Å². The molecule has 0 saturated carbocycles. The van der Waals surface area contributed by atoms with Crippen molar-refractivity contribution in [1.29, 1.82) is 0 Å². The van der Waals surface area contributed by atoms with Crippen LogP contribution >= 0.6 is 0 Å². The molecule has 0 fully saturated rings. The lowest BCUT2D eigenvalue weighted by molar-refractivity contribution is -0.141. The molecule has 0 radical (unpaired) electrons. The first kappa shape index (κ1) is 51.4. The molecule has 2 aromatic heterocycles. The number of nitrogens with zero attached hydrogens (tertiary/aromatic N) is 4. The molecule has 70 heavy (non-hydrogen) atoms. The first-order chi connectivity index (χ1) is 33.2. The minimum atomic E-state index is -4.52. The fourth-order valence-electron chi connectivity index (χ4n) is 9.26. The molecule has 6 aromatic rings. The van der Waals surface area contributed by atoms with Gasteiger partial charge in [0.1, 0.15) is 17.3 Å². The molecule has 0 saturated heterocycles. The number of benzene rings is 4. The molecule has 4 atom stereocenters. The van der Waals surface area contributed by atoms with Crippen molar-refractivity contribution in [3.8, 4) is 0 Å². The number of pyridine rings is 2. The lowest BCUT2D eigenvalue weighted by Gasteiger charge is -2.31. The second-order valence-corrected chi connectivity index (χ2v) is 18.6. The summed E-state index contributed by atoms with van der Waals surface area (Å²) in [5, 5.41) is 0. The van der Waals surface area contributed by atoms with Crippen LogP contribution in [0.4, 0.5) is 35.1 Å². The summed E-state index contributed by atoms with van der Waals surface area (Å²) >= 11 is 0. The number of halogens is 8. The van der Waals surface area contributed by atoms with Crippen LogP contribution in [0.3, 0.4) is 0 Å². The van der Waals surface area contributed by atoms with Crippen LogP contribution in [0.5, 0.6) is 0 Å². The van der Waals surface area contributed by atoms with Crippen LogP contribution in [0.2, 0.25) is 0 Å². The van der Waals surface area contributed by atoms with E-state index in [0.717, 1.165) is 79.1 Å². The summed E-state index contributed by atoms with van der Waals surface area (Å²) < 4.78 is 104. The van der Waals surface area contributed by atoms with Crippen molar-refractivity contribution < 1.29 is 44.7 Å². The maximum absolute atomic E-state index is 13.5. The maximum atomic E-state index is 13.5. The Balaban J connectivity index is 0.000000206. The molecule has 0 aliphatic heterocycles. The predicted octanol–water partition coefficient (Wildman–Crippen LogP) is 14.0. The number of amides is 2. The number of carbonyl (C=O) groups excluding carboxylic acids is 2. The Morgan fingerprint density at radius 2 is 0.971 bits per heavy atom. The third-order valence-corrected chi connectivity index (χ3v) is 13.6. The number of aryl methyl sites for hydroxylation is 4. The largest absolute Gasteiger partial charge is 0.433 e. The number of aromatic nitrogens is 2. The van der Waals surface area contributed by atoms with Crippen LogP contribution in [-0.4, -0.2) is 31.6 Å². The predicted molar refractivity (Wildman–Crippen MR) is 252 cm³/mol. The number of alkyl halides is 6. The van der Waals surface area contributed by atoms with Crippen molar-refractivity contribution >= 4 is 11.8 Å². The van der Waals surface area contributed by atoms with Gasteiger partial charge in [-0.3, -0.25) is 19.6 Å². The van der Waals surface area contributed by atoms with Gasteiger partial charge >= 0.3 is 12.4 Å². The zero-order valence-corrected chi connectivity index (χ0v) is 39.6. The van der Waals surface area contributed by atoms with Crippen LogP contribution < -0.4 is 0 Å². The monoisotopic (exact) mass is 968 g/mol. The van der Waals surface area contributed by atoms with E-state index in [9.17, 15) is 44.7 Å². The van der Waals surface area contributed by atoms with Gasteiger partial charge in [-0.1, -0.05) is 80.6 Å². The highest BCUT2D eigenvalue weighted by molar-refractivity contribution is 5.78. The van der Waals surface area contributed by atoms with Gasteiger partial charge < -0.3 is 9.80 Å². The van der Waals surface area contributed by atoms with E-state index in [1.807, 2.05) is 39.8 Å². The van der Waals surface area contributed by atoms with Crippen molar-refractivity contribution in [2.24, 2.45) is 0 Å². The molecule has 0 bridgehead atoms. The van der Waals surface area contributed by atoms with Crippen molar-refractivity contribution in [2.45, 2.75) is 128 Å². The number of rotatable bonds is 14. The SMILES string of the molecule is C[C@H](CC(=O)N(Cc1ccc(C(F)(F)F)nc1)[C@@H](C)c1ccc2c(c1)CCC2)c1ccc(F)cc1.C[C@H](c1ccc2c(c1)CCC2)N(Cc1ccc(C(F)(F)F)cn1)C(=O)C[C@H](C)c1ccc(F)cc1. The van der Waals surface area contributed by atoms with Gasteiger partial charge in [-0.15, -0.1) is 0 Å². The van der Waals surface area contributed by atoms with Gasteiger partial charge in [0.15, 0.2) is 0 Å².